The van der Waals surface area contributed by atoms with E-state index in [2.05, 4.69) is 5.10 Å². The molecule has 0 saturated heterocycles. The lowest BCUT2D eigenvalue weighted by atomic mass is 10.0. The number of carbonyl (C=O) groups excluding carboxylic acids is 2. The number of pyridine rings is 1. The first-order valence-corrected chi connectivity index (χ1v) is 12.2. The van der Waals surface area contributed by atoms with Crippen molar-refractivity contribution in [3.05, 3.63) is 112 Å². The number of amides is 2. The van der Waals surface area contributed by atoms with E-state index >= 15 is 0 Å². The number of hydrogen-bond acceptors (Lipinski definition) is 3. The SMILES string of the molecule is CCCc1[nH]n(-c2ccc(F)cc2)c(=O)c1C1=C([n+]2cccc(CC)c2)C(=O)N(c2ccccc2)C1=O. The summed E-state index contributed by atoms with van der Waals surface area (Å²) in [4.78, 5) is 42.8. The summed E-state index contributed by atoms with van der Waals surface area (Å²) in [5.74, 6) is -1.51. The number of hydrogen-bond donors (Lipinski definition) is 1. The quantitative estimate of drug-likeness (QED) is 0.309. The summed E-state index contributed by atoms with van der Waals surface area (Å²) in [6, 6.07) is 17.9. The predicted molar refractivity (Wildman–Crippen MR) is 138 cm³/mol. The zero-order valence-corrected chi connectivity index (χ0v) is 20.6. The van der Waals surface area contributed by atoms with Crippen LogP contribution in [0.3, 0.4) is 0 Å². The van der Waals surface area contributed by atoms with Gasteiger partial charge in [0.15, 0.2) is 12.4 Å². The highest BCUT2D eigenvalue weighted by Crippen LogP contribution is 2.33. The molecule has 0 radical (unpaired) electrons. The zero-order valence-electron chi connectivity index (χ0n) is 20.6. The number of aromatic amines is 1. The number of carbonyl (C=O) groups is 2. The molecule has 1 aliphatic heterocycles. The third-order valence-electron chi connectivity index (χ3n) is 6.40. The van der Waals surface area contributed by atoms with Gasteiger partial charge in [0.25, 0.3) is 17.2 Å². The number of rotatable bonds is 7. The second-order valence-electron chi connectivity index (χ2n) is 8.81. The molecule has 8 heteroatoms. The van der Waals surface area contributed by atoms with Crippen LogP contribution in [0.5, 0.6) is 0 Å². The van der Waals surface area contributed by atoms with Gasteiger partial charge >= 0.3 is 5.91 Å². The fraction of sp³-hybridized carbons (Fsp3) is 0.172. The van der Waals surface area contributed by atoms with Crippen LogP contribution < -0.4 is 15.0 Å². The summed E-state index contributed by atoms with van der Waals surface area (Å²) in [6.45, 7) is 3.96. The van der Waals surface area contributed by atoms with Crippen LogP contribution in [-0.2, 0) is 22.4 Å². The van der Waals surface area contributed by atoms with Gasteiger partial charge in [-0.15, -0.1) is 0 Å². The van der Waals surface area contributed by atoms with Crippen LogP contribution in [0.15, 0.2) is 83.9 Å². The molecule has 2 aromatic carbocycles. The van der Waals surface area contributed by atoms with E-state index in [1.165, 1.54) is 28.9 Å². The number of halogens is 1. The Bertz CT molecular complexity index is 1580. The highest BCUT2D eigenvalue weighted by atomic mass is 19.1. The monoisotopic (exact) mass is 497 g/mol. The number of aromatic nitrogens is 3. The number of imide groups is 1. The van der Waals surface area contributed by atoms with Gasteiger partial charge in [-0.1, -0.05) is 38.5 Å². The Morgan fingerprint density at radius 3 is 2.27 bits per heavy atom. The molecular formula is C29H26FN4O3+. The van der Waals surface area contributed by atoms with E-state index < -0.39 is 23.2 Å². The normalized spacial score (nSPS) is 13.6. The van der Waals surface area contributed by atoms with E-state index in [9.17, 15) is 18.8 Å². The van der Waals surface area contributed by atoms with Crippen molar-refractivity contribution in [2.45, 2.75) is 33.1 Å². The number of nitrogens with one attached hydrogen (secondary N) is 1. The standard InChI is InChI=1S/C29H25FN4O3/c1-3-9-23-24(28(36)34(31-23)22-15-13-20(30)14-16-22)25-26(32-17-8-10-19(4-2)18-32)29(37)33(27(25)35)21-11-6-5-7-12-21/h5-8,10-18H,3-4,9H2,1-2H3/p+1. The largest absolute Gasteiger partial charge is 0.331 e. The van der Waals surface area contributed by atoms with Gasteiger partial charge in [0.05, 0.1) is 16.9 Å². The first-order chi connectivity index (χ1) is 17.9. The van der Waals surface area contributed by atoms with E-state index in [0.29, 0.717) is 29.9 Å². The fourth-order valence-corrected chi connectivity index (χ4v) is 4.61. The molecule has 5 rings (SSSR count). The zero-order chi connectivity index (χ0) is 26.1. The summed E-state index contributed by atoms with van der Waals surface area (Å²) in [5.41, 5.74) is 2.17. The van der Waals surface area contributed by atoms with Gasteiger partial charge in [0, 0.05) is 17.3 Å². The van der Waals surface area contributed by atoms with Crippen LogP contribution in [-0.4, -0.2) is 21.6 Å². The van der Waals surface area contributed by atoms with Gasteiger partial charge in [-0.2, -0.15) is 4.57 Å². The van der Waals surface area contributed by atoms with E-state index in [4.69, 9.17) is 0 Å². The molecule has 3 heterocycles. The Kier molecular flexibility index (Phi) is 6.40. The second-order valence-corrected chi connectivity index (χ2v) is 8.81. The Morgan fingerprint density at radius 2 is 1.59 bits per heavy atom. The van der Waals surface area contributed by atoms with Crippen molar-refractivity contribution >= 4 is 28.8 Å². The van der Waals surface area contributed by atoms with Crippen LogP contribution in [0.25, 0.3) is 17.0 Å². The lowest BCUT2D eigenvalue weighted by Gasteiger charge is -2.13. The van der Waals surface area contributed by atoms with Crippen molar-refractivity contribution in [3.63, 3.8) is 0 Å². The molecular weight excluding hydrogens is 471 g/mol. The van der Waals surface area contributed by atoms with E-state index in [1.807, 2.05) is 26.0 Å². The van der Waals surface area contributed by atoms with Crippen molar-refractivity contribution in [1.29, 1.82) is 0 Å². The molecule has 2 amide bonds. The molecule has 186 valence electrons. The molecule has 0 fully saturated rings. The van der Waals surface area contributed by atoms with Crippen molar-refractivity contribution in [3.8, 4) is 5.69 Å². The topological polar surface area (TPSA) is 79.1 Å². The van der Waals surface area contributed by atoms with Crippen molar-refractivity contribution in [2.75, 3.05) is 4.90 Å². The molecule has 0 spiro atoms. The maximum absolute atomic E-state index is 14.0. The molecule has 1 N–H and O–H groups in total. The van der Waals surface area contributed by atoms with Gasteiger partial charge < -0.3 is 0 Å². The number of aryl methyl sites for hydroxylation is 2. The summed E-state index contributed by atoms with van der Waals surface area (Å²) in [6.07, 6.45) is 5.42. The summed E-state index contributed by atoms with van der Waals surface area (Å²) >= 11 is 0. The van der Waals surface area contributed by atoms with Gasteiger partial charge in [-0.25, -0.2) is 14.0 Å². The fourth-order valence-electron chi connectivity index (χ4n) is 4.61. The van der Waals surface area contributed by atoms with Gasteiger partial charge in [0.1, 0.15) is 11.4 Å². The molecule has 0 atom stereocenters. The van der Waals surface area contributed by atoms with Crippen molar-refractivity contribution in [1.82, 2.24) is 9.78 Å². The van der Waals surface area contributed by atoms with Crippen LogP contribution in [0.1, 0.15) is 37.1 Å². The van der Waals surface area contributed by atoms with Crippen molar-refractivity contribution < 1.29 is 18.5 Å². The summed E-state index contributed by atoms with van der Waals surface area (Å²) < 4.78 is 16.5. The predicted octanol–water partition coefficient (Wildman–Crippen LogP) is 4.05. The minimum atomic E-state index is -0.569. The van der Waals surface area contributed by atoms with E-state index in [1.54, 1.807) is 47.3 Å². The molecule has 0 aliphatic carbocycles. The lowest BCUT2D eigenvalue weighted by Crippen LogP contribution is -2.40. The Labute approximate surface area is 213 Å². The average molecular weight is 498 g/mol. The van der Waals surface area contributed by atoms with E-state index in [0.717, 1.165) is 16.9 Å². The van der Waals surface area contributed by atoms with Crippen LogP contribution in [0, 0.1) is 5.82 Å². The Hall–Kier alpha value is -4.59. The van der Waals surface area contributed by atoms with Crippen LogP contribution in [0.2, 0.25) is 0 Å². The number of benzene rings is 2. The Balaban J connectivity index is 1.79. The Morgan fingerprint density at radius 1 is 0.865 bits per heavy atom. The van der Waals surface area contributed by atoms with Gasteiger partial charge in [-0.3, -0.25) is 19.5 Å². The first kappa shape index (κ1) is 24.1. The number of para-hydroxylation sites is 1. The minimum Gasteiger partial charge on any atom is -0.294 e. The number of anilines is 1. The molecule has 0 unspecified atom stereocenters. The van der Waals surface area contributed by atoms with Crippen molar-refractivity contribution in [2.24, 2.45) is 0 Å². The highest BCUT2D eigenvalue weighted by molar-refractivity contribution is 6.53. The highest BCUT2D eigenvalue weighted by Gasteiger charge is 2.48. The van der Waals surface area contributed by atoms with Gasteiger partial charge in [-0.05, 0) is 55.3 Å². The molecule has 4 aromatic rings. The first-order valence-electron chi connectivity index (χ1n) is 12.2. The maximum Gasteiger partial charge on any atom is 0.331 e. The van der Waals surface area contributed by atoms with Crippen LogP contribution in [0.4, 0.5) is 10.1 Å². The molecule has 2 aromatic heterocycles. The van der Waals surface area contributed by atoms with Crippen LogP contribution >= 0.6 is 0 Å². The molecule has 7 nitrogen and oxygen atoms in total. The minimum absolute atomic E-state index is 0.0395. The second kappa shape index (κ2) is 9.81. The third-order valence-corrected chi connectivity index (χ3v) is 6.40. The molecule has 0 saturated carbocycles. The molecule has 37 heavy (non-hydrogen) atoms. The summed E-state index contributed by atoms with van der Waals surface area (Å²) in [5, 5.41) is 3.10. The average Bonchev–Trinajstić information content (AvgIpc) is 3.36. The molecule has 0 bridgehead atoms. The number of nitrogens with zero attached hydrogens (tertiary/aromatic N) is 3. The summed E-state index contributed by atoms with van der Waals surface area (Å²) in [7, 11) is 0. The lowest BCUT2D eigenvalue weighted by molar-refractivity contribution is -0.577. The maximum atomic E-state index is 14.0. The smallest absolute Gasteiger partial charge is 0.294 e. The molecule has 1 aliphatic rings. The van der Waals surface area contributed by atoms with E-state index in [-0.39, 0.29) is 16.8 Å². The van der Waals surface area contributed by atoms with Gasteiger partial charge in [0.2, 0.25) is 0 Å². The number of H-pyrrole nitrogens is 1. The third kappa shape index (κ3) is 4.20.